The van der Waals surface area contributed by atoms with Crippen molar-refractivity contribution >= 4 is 23.5 Å². The quantitative estimate of drug-likeness (QED) is 0.590. The molecule has 1 atom stereocenters. The van der Waals surface area contributed by atoms with Gasteiger partial charge in [0.2, 0.25) is 0 Å². The first-order valence-electron chi connectivity index (χ1n) is 9.40. The van der Waals surface area contributed by atoms with Gasteiger partial charge in [0.05, 0.1) is 0 Å². The van der Waals surface area contributed by atoms with Gasteiger partial charge in [-0.25, -0.2) is 9.18 Å². The Hall–Kier alpha value is -2.99. The summed E-state index contributed by atoms with van der Waals surface area (Å²) in [4.78, 5) is 14.5. The molecule has 0 aliphatic carbocycles. The van der Waals surface area contributed by atoms with Crippen LogP contribution in [0.15, 0.2) is 78.9 Å². The number of halogens is 1. The van der Waals surface area contributed by atoms with Crippen molar-refractivity contribution in [3.63, 3.8) is 0 Å². The molecule has 4 nitrogen and oxygen atoms in total. The lowest BCUT2D eigenvalue weighted by Crippen LogP contribution is -2.34. The van der Waals surface area contributed by atoms with Crippen LogP contribution in [0.4, 0.5) is 14.9 Å². The monoisotopic (exact) mass is 408 g/mol. The first-order valence-corrected chi connectivity index (χ1v) is 10.5. The average molecular weight is 408 g/mol. The Balaban J connectivity index is 1.44. The van der Waals surface area contributed by atoms with Crippen molar-refractivity contribution < 1.29 is 13.9 Å². The molecular weight excluding hydrogens is 387 g/mol. The third-order valence-corrected chi connectivity index (χ3v) is 5.88. The molecule has 6 heteroatoms. The van der Waals surface area contributed by atoms with E-state index in [-0.39, 0.29) is 17.2 Å². The van der Waals surface area contributed by atoms with Crippen molar-refractivity contribution in [3.8, 4) is 5.75 Å². The summed E-state index contributed by atoms with van der Waals surface area (Å²) < 4.78 is 19.3. The lowest BCUT2D eigenvalue weighted by Gasteiger charge is -2.24. The molecule has 148 valence electrons. The fraction of sp³-hybridized carbons (Fsp3) is 0.174. The topological polar surface area (TPSA) is 41.6 Å². The first kappa shape index (κ1) is 19.3. The molecule has 0 spiro atoms. The van der Waals surface area contributed by atoms with E-state index < -0.39 is 0 Å². The van der Waals surface area contributed by atoms with E-state index in [9.17, 15) is 9.18 Å². The molecule has 3 aromatic carbocycles. The highest BCUT2D eigenvalue weighted by molar-refractivity contribution is 7.99. The molecule has 1 N–H and O–H groups in total. The van der Waals surface area contributed by atoms with Gasteiger partial charge in [0.15, 0.2) is 0 Å². The number of benzene rings is 3. The maximum absolute atomic E-state index is 13.4. The van der Waals surface area contributed by atoms with Gasteiger partial charge < -0.3 is 15.0 Å². The number of hydrogen-bond donors (Lipinski definition) is 1. The number of nitrogens with one attached hydrogen (secondary N) is 1. The molecule has 1 saturated heterocycles. The lowest BCUT2D eigenvalue weighted by atomic mass is 10.2. The number of amides is 2. The Morgan fingerprint density at radius 1 is 1.07 bits per heavy atom. The van der Waals surface area contributed by atoms with Gasteiger partial charge in [-0.15, -0.1) is 11.8 Å². The zero-order valence-corrected chi connectivity index (χ0v) is 16.6. The van der Waals surface area contributed by atoms with E-state index in [4.69, 9.17) is 4.74 Å². The summed E-state index contributed by atoms with van der Waals surface area (Å²) in [6.07, 6.45) is 0. The summed E-state index contributed by atoms with van der Waals surface area (Å²) in [5, 5.41) is 2.68. The van der Waals surface area contributed by atoms with Crippen LogP contribution in [0.3, 0.4) is 0 Å². The summed E-state index contributed by atoms with van der Waals surface area (Å²) in [6.45, 7) is 1.12. The molecule has 1 heterocycles. The van der Waals surface area contributed by atoms with Gasteiger partial charge in [-0.05, 0) is 41.5 Å². The largest absolute Gasteiger partial charge is 0.489 e. The van der Waals surface area contributed by atoms with E-state index in [1.807, 2.05) is 54.6 Å². The fourth-order valence-electron chi connectivity index (χ4n) is 3.21. The molecule has 29 heavy (non-hydrogen) atoms. The summed E-state index contributed by atoms with van der Waals surface area (Å²) in [5.74, 6) is 1.24. The number of thioether (sulfide) groups is 1. The van der Waals surface area contributed by atoms with Gasteiger partial charge in [-0.1, -0.05) is 48.5 Å². The number of rotatable bonds is 5. The van der Waals surface area contributed by atoms with Crippen molar-refractivity contribution in [1.82, 2.24) is 4.90 Å². The van der Waals surface area contributed by atoms with Gasteiger partial charge >= 0.3 is 6.03 Å². The Morgan fingerprint density at radius 3 is 2.72 bits per heavy atom. The highest BCUT2D eigenvalue weighted by atomic mass is 32.2. The molecule has 1 fully saturated rings. The summed E-state index contributed by atoms with van der Waals surface area (Å²) in [7, 11) is 0. The van der Waals surface area contributed by atoms with Gasteiger partial charge in [0, 0.05) is 18.0 Å². The molecule has 1 aliphatic heterocycles. The molecule has 3 aromatic rings. The predicted octanol–water partition coefficient (Wildman–Crippen LogP) is 5.68. The van der Waals surface area contributed by atoms with Crippen LogP contribution in [0.25, 0.3) is 0 Å². The van der Waals surface area contributed by atoms with Crippen LogP contribution in [0.5, 0.6) is 5.75 Å². The second-order valence-corrected chi connectivity index (χ2v) is 7.89. The maximum atomic E-state index is 13.4. The molecule has 0 saturated carbocycles. The normalized spacial score (nSPS) is 15.9. The Morgan fingerprint density at radius 2 is 1.90 bits per heavy atom. The van der Waals surface area contributed by atoms with Crippen LogP contribution in [0.2, 0.25) is 0 Å². The van der Waals surface area contributed by atoms with E-state index in [2.05, 4.69) is 5.32 Å². The molecule has 0 radical (unpaired) electrons. The number of hydrogen-bond acceptors (Lipinski definition) is 3. The summed E-state index contributed by atoms with van der Waals surface area (Å²) in [6, 6.07) is 23.5. The lowest BCUT2D eigenvalue weighted by molar-refractivity contribution is 0.214. The standard InChI is InChI=1S/C23H21FN2O2S/c24-19-9-5-10-20(15-19)25-23(27)26-12-13-29-22(26)18-8-4-11-21(14-18)28-16-17-6-2-1-3-7-17/h1-11,14-15,22H,12-13,16H2,(H,25,27)/t22-/m0/s1. The third-order valence-electron chi connectivity index (χ3n) is 4.62. The first-order chi connectivity index (χ1) is 14.2. The maximum Gasteiger partial charge on any atom is 0.323 e. The SMILES string of the molecule is O=C(Nc1cccc(F)c1)N1CCS[C@H]1c1cccc(OCc2ccccc2)c1. The molecule has 0 bridgehead atoms. The van der Waals surface area contributed by atoms with Crippen LogP contribution in [0, 0.1) is 5.82 Å². The molecular formula is C23H21FN2O2S. The second kappa shape index (κ2) is 9.01. The summed E-state index contributed by atoms with van der Waals surface area (Å²) in [5.41, 5.74) is 2.56. The fourth-order valence-corrected chi connectivity index (χ4v) is 4.46. The molecule has 4 rings (SSSR count). The van der Waals surface area contributed by atoms with Gasteiger partial charge in [0.1, 0.15) is 23.5 Å². The minimum atomic E-state index is -0.376. The number of urea groups is 1. The zero-order chi connectivity index (χ0) is 20.1. The van der Waals surface area contributed by atoms with Gasteiger partial charge in [0.25, 0.3) is 0 Å². The number of nitrogens with zero attached hydrogens (tertiary/aromatic N) is 1. The zero-order valence-electron chi connectivity index (χ0n) is 15.8. The number of carbonyl (C=O) groups excluding carboxylic acids is 1. The van der Waals surface area contributed by atoms with Gasteiger partial charge in [-0.2, -0.15) is 0 Å². The van der Waals surface area contributed by atoms with Crippen molar-refractivity contribution in [3.05, 3.63) is 95.8 Å². The Labute approximate surface area is 173 Å². The number of ether oxygens (including phenoxy) is 1. The number of anilines is 1. The van der Waals surface area contributed by atoms with Crippen LogP contribution in [-0.2, 0) is 6.61 Å². The van der Waals surface area contributed by atoms with Crippen LogP contribution in [0.1, 0.15) is 16.5 Å². The van der Waals surface area contributed by atoms with Crippen LogP contribution >= 0.6 is 11.8 Å². The van der Waals surface area contributed by atoms with Crippen LogP contribution in [-0.4, -0.2) is 23.2 Å². The minimum absolute atomic E-state index is 0.108. The smallest absolute Gasteiger partial charge is 0.323 e. The van der Waals surface area contributed by atoms with Crippen LogP contribution < -0.4 is 10.1 Å². The second-order valence-electron chi connectivity index (χ2n) is 6.70. The highest BCUT2D eigenvalue weighted by Gasteiger charge is 2.31. The van der Waals surface area contributed by atoms with Crippen molar-refractivity contribution in [2.24, 2.45) is 0 Å². The van der Waals surface area contributed by atoms with E-state index in [0.717, 1.165) is 22.6 Å². The molecule has 0 aromatic heterocycles. The molecule has 0 unspecified atom stereocenters. The third kappa shape index (κ3) is 4.90. The Kier molecular flexibility index (Phi) is 6.00. The van der Waals surface area contributed by atoms with Crippen molar-refractivity contribution in [2.75, 3.05) is 17.6 Å². The molecule has 2 amide bonds. The van der Waals surface area contributed by atoms with Crippen molar-refractivity contribution in [1.29, 1.82) is 0 Å². The van der Waals surface area contributed by atoms with Crippen molar-refractivity contribution in [2.45, 2.75) is 12.0 Å². The summed E-state index contributed by atoms with van der Waals surface area (Å²) >= 11 is 1.70. The minimum Gasteiger partial charge on any atom is -0.489 e. The Bertz CT molecular complexity index is 983. The predicted molar refractivity (Wildman–Crippen MR) is 115 cm³/mol. The highest BCUT2D eigenvalue weighted by Crippen LogP contribution is 2.39. The number of carbonyl (C=O) groups is 1. The van der Waals surface area contributed by atoms with E-state index in [1.165, 1.54) is 12.1 Å². The van der Waals surface area contributed by atoms with Gasteiger partial charge in [-0.3, -0.25) is 0 Å². The van der Waals surface area contributed by atoms with E-state index in [0.29, 0.717) is 18.8 Å². The average Bonchev–Trinajstić information content (AvgIpc) is 3.23. The van der Waals surface area contributed by atoms with E-state index in [1.54, 1.807) is 28.8 Å². The molecule has 1 aliphatic rings. The van der Waals surface area contributed by atoms with E-state index >= 15 is 0 Å².